The molecular formula is C20H15NO2S. The molecule has 0 aliphatic rings. The fraction of sp³-hybridized carbons (Fsp3) is 0.0500. The van der Waals surface area contributed by atoms with E-state index in [9.17, 15) is 9.90 Å². The number of nitrogens with zero attached hydrogens (tertiary/aromatic N) is 1. The highest BCUT2D eigenvalue weighted by Gasteiger charge is 2.23. The van der Waals surface area contributed by atoms with Crippen LogP contribution >= 0.6 is 11.3 Å². The van der Waals surface area contributed by atoms with E-state index in [4.69, 9.17) is 0 Å². The molecule has 0 saturated heterocycles. The van der Waals surface area contributed by atoms with Crippen molar-refractivity contribution in [1.29, 1.82) is 0 Å². The summed E-state index contributed by atoms with van der Waals surface area (Å²) >= 11 is 1.39. The smallest absolute Gasteiger partial charge is 0.208 e. The normalized spacial score (nSPS) is 11.0. The highest BCUT2D eigenvalue weighted by Crippen LogP contribution is 2.34. The number of benzene rings is 2. The predicted molar refractivity (Wildman–Crippen MR) is 96.9 cm³/mol. The molecule has 0 aliphatic carbocycles. The van der Waals surface area contributed by atoms with Crippen molar-refractivity contribution in [3.63, 3.8) is 0 Å². The van der Waals surface area contributed by atoms with Crippen LogP contribution in [-0.2, 0) is 6.54 Å². The summed E-state index contributed by atoms with van der Waals surface area (Å²) in [6.07, 6.45) is 0. The number of para-hydroxylation sites is 1. The maximum Gasteiger partial charge on any atom is 0.208 e. The Morgan fingerprint density at radius 3 is 2.46 bits per heavy atom. The molecule has 4 aromatic rings. The predicted octanol–water partition coefficient (Wildman–Crippen LogP) is 4.69. The first-order valence-corrected chi connectivity index (χ1v) is 8.56. The first-order valence-electron chi connectivity index (χ1n) is 7.68. The molecule has 4 heteroatoms. The van der Waals surface area contributed by atoms with E-state index in [1.165, 1.54) is 11.3 Å². The van der Waals surface area contributed by atoms with Gasteiger partial charge in [0.2, 0.25) is 11.7 Å². The second kappa shape index (κ2) is 5.98. The van der Waals surface area contributed by atoms with Crippen molar-refractivity contribution in [3.8, 4) is 5.88 Å². The van der Waals surface area contributed by atoms with Gasteiger partial charge in [0.1, 0.15) is 0 Å². The van der Waals surface area contributed by atoms with Gasteiger partial charge in [-0.15, -0.1) is 11.3 Å². The Hall–Kier alpha value is -2.85. The van der Waals surface area contributed by atoms with Gasteiger partial charge in [0.25, 0.3) is 0 Å². The number of carbonyl (C=O) groups is 1. The number of hydrogen-bond acceptors (Lipinski definition) is 3. The molecule has 0 fully saturated rings. The zero-order chi connectivity index (χ0) is 16.5. The molecule has 118 valence electrons. The molecule has 1 N–H and O–H groups in total. The van der Waals surface area contributed by atoms with E-state index in [1.807, 2.05) is 66.0 Å². The summed E-state index contributed by atoms with van der Waals surface area (Å²) in [7, 11) is 0. The Morgan fingerprint density at radius 1 is 0.958 bits per heavy atom. The average molecular weight is 333 g/mol. The number of ketones is 1. The molecule has 0 saturated carbocycles. The maximum atomic E-state index is 12.8. The minimum absolute atomic E-state index is 0.0263. The molecule has 0 bridgehead atoms. The van der Waals surface area contributed by atoms with Crippen LogP contribution in [0.3, 0.4) is 0 Å². The van der Waals surface area contributed by atoms with Gasteiger partial charge in [-0.3, -0.25) is 4.79 Å². The van der Waals surface area contributed by atoms with E-state index in [0.29, 0.717) is 17.0 Å². The third-order valence-corrected chi connectivity index (χ3v) is 4.97. The number of rotatable bonds is 4. The second-order valence-electron chi connectivity index (χ2n) is 5.59. The van der Waals surface area contributed by atoms with Gasteiger partial charge in [-0.25, -0.2) is 0 Å². The minimum atomic E-state index is -0.134. The molecule has 3 nitrogen and oxygen atoms in total. The van der Waals surface area contributed by atoms with Crippen molar-refractivity contribution in [2.24, 2.45) is 0 Å². The van der Waals surface area contributed by atoms with Gasteiger partial charge < -0.3 is 9.67 Å². The third-order valence-electron chi connectivity index (χ3n) is 4.10. The van der Waals surface area contributed by atoms with E-state index < -0.39 is 0 Å². The summed E-state index contributed by atoms with van der Waals surface area (Å²) in [5, 5.41) is 13.4. The van der Waals surface area contributed by atoms with Crippen LogP contribution in [0.25, 0.3) is 10.9 Å². The van der Waals surface area contributed by atoms with Crippen LogP contribution in [0.2, 0.25) is 0 Å². The lowest BCUT2D eigenvalue weighted by atomic mass is 10.1. The molecule has 24 heavy (non-hydrogen) atoms. The Kier molecular flexibility index (Phi) is 3.67. The van der Waals surface area contributed by atoms with Crippen LogP contribution in [0.1, 0.15) is 20.8 Å². The van der Waals surface area contributed by atoms with E-state index in [0.717, 1.165) is 16.5 Å². The van der Waals surface area contributed by atoms with Crippen molar-refractivity contribution in [3.05, 3.63) is 88.1 Å². The third kappa shape index (κ3) is 2.41. The molecule has 0 unspecified atom stereocenters. The molecule has 2 aromatic heterocycles. The fourth-order valence-electron chi connectivity index (χ4n) is 2.97. The summed E-state index contributed by atoms with van der Waals surface area (Å²) in [5.41, 5.74) is 2.31. The average Bonchev–Trinajstić information content (AvgIpc) is 3.24. The lowest BCUT2D eigenvalue weighted by Gasteiger charge is -2.07. The van der Waals surface area contributed by atoms with E-state index in [2.05, 4.69) is 0 Å². The molecular weight excluding hydrogens is 318 g/mol. The first-order chi connectivity index (χ1) is 11.8. The first kappa shape index (κ1) is 14.7. The fourth-order valence-corrected chi connectivity index (χ4v) is 3.64. The summed E-state index contributed by atoms with van der Waals surface area (Å²) in [4.78, 5) is 13.5. The van der Waals surface area contributed by atoms with Gasteiger partial charge in [-0.2, -0.15) is 0 Å². The Balaban J connectivity index is 1.89. The van der Waals surface area contributed by atoms with Crippen LogP contribution < -0.4 is 0 Å². The van der Waals surface area contributed by atoms with E-state index >= 15 is 0 Å². The molecule has 0 atom stereocenters. The standard InChI is InChI=1S/C20H15NO2S/c22-19(17-11-6-12-24-17)18-15-9-4-5-10-16(15)21(20(18)23)13-14-7-2-1-3-8-14/h1-12,23H,13H2. The number of hydrogen-bond donors (Lipinski definition) is 1. The van der Waals surface area contributed by atoms with Crippen LogP contribution in [0.5, 0.6) is 5.88 Å². The van der Waals surface area contributed by atoms with Crippen molar-refractivity contribution in [1.82, 2.24) is 4.57 Å². The topological polar surface area (TPSA) is 42.2 Å². The van der Waals surface area contributed by atoms with Gasteiger partial charge in [0.05, 0.1) is 22.5 Å². The monoisotopic (exact) mass is 333 g/mol. The number of carbonyl (C=O) groups excluding carboxylic acids is 1. The molecule has 0 spiro atoms. The molecule has 2 heterocycles. The SMILES string of the molecule is O=C(c1cccs1)c1c(O)n(Cc2ccccc2)c2ccccc12. The summed E-state index contributed by atoms with van der Waals surface area (Å²) in [6, 6.07) is 21.2. The van der Waals surface area contributed by atoms with Gasteiger partial charge >= 0.3 is 0 Å². The molecule has 0 aliphatic heterocycles. The van der Waals surface area contributed by atoms with Gasteiger partial charge in [0, 0.05) is 5.39 Å². The number of aromatic hydroxyl groups is 1. The number of thiophene rings is 1. The highest BCUT2D eigenvalue weighted by molar-refractivity contribution is 7.12. The Morgan fingerprint density at radius 2 is 1.71 bits per heavy atom. The highest BCUT2D eigenvalue weighted by atomic mass is 32.1. The quantitative estimate of drug-likeness (QED) is 0.551. The van der Waals surface area contributed by atoms with Crippen LogP contribution in [0, 0.1) is 0 Å². The van der Waals surface area contributed by atoms with Crippen molar-refractivity contribution in [2.45, 2.75) is 6.54 Å². The zero-order valence-electron chi connectivity index (χ0n) is 12.8. The van der Waals surface area contributed by atoms with E-state index in [1.54, 1.807) is 10.6 Å². The van der Waals surface area contributed by atoms with Crippen LogP contribution in [-0.4, -0.2) is 15.5 Å². The molecule has 0 amide bonds. The number of aromatic nitrogens is 1. The Bertz CT molecular complexity index is 1000. The largest absolute Gasteiger partial charge is 0.494 e. The van der Waals surface area contributed by atoms with Crippen molar-refractivity contribution in [2.75, 3.05) is 0 Å². The maximum absolute atomic E-state index is 12.8. The lowest BCUT2D eigenvalue weighted by Crippen LogP contribution is -2.01. The van der Waals surface area contributed by atoms with Gasteiger partial charge in [0.15, 0.2) is 0 Å². The summed E-state index contributed by atoms with van der Waals surface area (Å²) in [5.74, 6) is -0.107. The van der Waals surface area contributed by atoms with Crippen molar-refractivity contribution >= 4 is 28.0 Å². The van der Waals surface area contributed by atoms with E-state index in [-0.39, 0.29) is 11.7 Å². The molecule has 0 radical (unpaired) electrons. The Labute approximate surface area is 143 Å². The van der Waals surface area contributed by atoms with Gasteiger partial charge in [-0.1, -0.05) is 54.6 Å². The number of fused-ring (bicyclic) bond motifs is 1. The zero-order valence-corrected chi connectivity index (χ0v) is 13.7. The summed E-state index contributed by atoms with van der Waals surface area (Å²) in [6.45, 7) is 0.519. The molecule has 2 aromatic carbocycles. The lowest BCUT2D eigenvalue weighted by molar-refractivity contribution is 0.104. The van der Waals surface area contributed by atoms with Crippen LogP contribution in [0.15, 0.2) is 72.1 Å². The van der Waals surface area contributed by atoms with Crippen molar-refractivity contribution < 1.29 is 9.90 Å². The minimum Gasteiger partial charge on any atom is -0.494 e. The van der Waals surface area contributed by atoms with Crippen LogP contribution in [0.4, 0.5) is 0 Å². The second-order valence-corrected chi connectivity index (χ2v) is 6.54. The molecule has 4 rings (SSSR count). The summed E-state index contributed by atoms with van der Waals surface area (Å²) < 4.78 is 1.80. The van der Waals surface area contributed by atoms with Gasteiger partial charge in [-0.05, 0) is 23.1 Å².